The largest absolute Gasteiger partial charge is 0.342 e. The third-order valence-electron chi connectivity index (χ3n) is 2.89. The molecule has 2 nitrogen and oxygen atoms in total. The Morgan fingerprint density at radius 3 is 2.57 bits per heavy atom. The molecule has 0 bridgehead atoms. The summed E-state index contributed by atoms with van der Waals surface area (Å²) in [4.78, 5) is 13.7. The average Bonchev–Trinajstić information content (AvgIpc) is 2.11. The molecular weight excluding hydrogens is 198 g/mol. The molecule has 0 unspecified atom stereocenters. The normalized spacial score (nSPS) is 16.4. The van der Waals surface area contributed by atoms with Crippen molar-refractivity contribution in [2.24, 2.45) is 5.92 Å². The fourth-order valence-electron chi connectivity index (χ4n) is 1.81. The molecule has 82 valence electrons. The highest BCUT2D eigenvalue weighted by Crippen LogP contribution is 2.29. The summed E-state index contributed by atoms with van der Waals surface area (Å²) >= 11 is 5.67. The summed E-state index contributed by atoms with van der Waals surface area (Å²) in [5.41, 5.74) is 0. The van der Waals surface area contributed by atoms with Gasteiger partial charge in [0.05, 0.1) is 0 Å². The number of nitrogens with zero attached hydrogens (tertiary/aromatic N) is 1. The zero-order valence-electron chi connectivity index (χ0n) is 8.97. The standard InChI is InChI=1S/C11H20ClNO/c1-2-7-13(8-6-12)11(14)9-10-4-3-5-10/h10H,2-9H2,1H3. The molecule has 0 aromatic carbocycles. The van der Waals surface area contributed by atoms with E-state index >= 15 is 0 Å². The van der Waals surface area contributed by atoms with Crippen LogP contribution in [-0.2, 0) is 4.79 Å². The van der Waals surface area contributed by atoms with Crippen LogP contribution in [-0.4, -0.2) is 29.8 Å². The maximum Gasteiger partial charge on any atom is 0.222 e. The van der Waals surface area contributed by atoms with Crippen LogP contribution in [0.2, 0.25) is 0 Å². The highest BCUT2D eigenvalue weighted by atomic mass is 35.5. The van der Waals surface area contributed by atoms with Gasteiger partial charge >= 0.3 is 0 Å². The van der Waals surface area contributed by atoms with E-state index in [2.05, 4.69) is 6.92 Å². The van der Waals surface area contributed by atoms with E-state index in [9.17, 15) is 4.79 Å². The number of carbonyl (C=O) groups is 1. The summed E-state index contributed by atoms with van der Waals surface area (Å²) in [6.45, 7) is 3.66. The second kappa shape index (κ2) is 6.28. The van der Waals surface area contributed by atoms with Gasteiger partial charge in [-0.05, 0) is 25.2 Å². The molecule has 0 aliphatic heterocycles. The van der Waals surface area contributed by atoms with Crippen LogP contribution in [0.25, 0.3) is 0 Å². The monoisotopic (exact) mass is 217 g/mol. The van der Waals surface area contributed by atoms with E-state index in [1.165, 1.54) is 19.3 Å². The van der Waals surface area contributed by atoms with E-state index in [0.717, 1.165) is 19.4 Å². The van der Waals surface area contributed by atoms with Crippen molar-refractivity contribution < 1.29 is 4.79 Å². The molecule has 0 radical (unpaired) electrons. The average molecular weight is 218 g/mol. The van der Waals surface area contributed by atoms with Gasteiger partial charge in [-0.3, -0.25) is 4.79 Å². The summed E-state index contributed by atoms with van der Waals surface area (Å²) in [6, 6.07) is 0. The minimum absolute atomic E-state index is 0.303. The lowest BCUT2D eigenvalue weighted by molar-refractivity contribution is -0.132. The number of amides is 1. The summed E-state index contributed by atoms with van der Waals surface area (Å²) in [5, 5.41) is 0. The zero-order valence-corrected chi connectivity index (χ0v) is 9.72. The minimum Gasteiger partial charge on any atom is -0.342 e. The van der Waals surface area contributed by atoms with Gasteiger partial charge in [0.25, 0.3) is 0 Å². The predicted molar refractivity (Wildman–Crippen MR) is 59.5 cm³/mol. The summed E-state index contributed by atoms with van der Waals surface area (Å²) < 4.78 is 0. The Kier molecular flexibility index (Phi) is 5.31. The van der Waals surface area contributed by atoms with Crippen molar-refractivity contribution in [2.45, 2.75) is 39.0 Å². The van der Waals surface area contributed by atoms with Crippen molar-refractivity contribution in [2.75, 3.05) is 19.0 Å². The molecule has 1 saturated carbocycles. The molecule has 0 saturated heterocycles. The fraction of sp³-hybridized carbons (Fsp3) is 0.909. The van der Waals surface area contributed by atoms with Gasteiger partial charge in [-0.15, -0.1) is 11.6 Å². The van der Waals surface area contributed by atoms with Gasteiger partial charge in [-0.2, -0.15) is 0 Å². The Morgan fingerprint density at radius 1 is 1.43 bits per heavy atom. The maximum absolute atomic E-state index is 11.8. The first-order valence-corrected chi connectivity index (χ1v) is 6.15. The molecule has 0 aromatic heterocycles. The van der Waals surface area contributed by atoms with Crippen molar-refractivity contribution in [3.63, 3.8) is 0 Å². The number of rotatable bonds is 6. The van der Waals surface area contributed by atoms with Crippen LogP contribution in [0.15, 0.2) is 0 Å². The number of hydrogen-bond acceptors (Lipinski definition) is 1. The van der Waals surface area contributed by atoms with Crippen LogP contribution in [0.5, 0.6) is 0 Å². The molecule has 0 spiro atoms. The third kappa shape index (κ3) is 3.49. The number of carbonyl (C=O) groups excluding carboxylic acids is 1. The topological polar surface area (TPSA) is 20.3 Å². The van der Waals surface area contributed by atoms with Crippen molar-refractivity contribution >= 4 is 17.5 Å². The third-order valence-corrected chi connectivity index (χ3v) is 3.06. The summed E-state index contributed by atoms with van der Waals surface area (Å²) in [7, 11) is 0. The van der Waals surface area contributed by atoms with Crippen molar-refractivity contribution in [1.29, 1.82) is 0 Å². The first-order chi connectivity index (χ1) is 6.77. The Morgan fingerprint density at radius 2 is 2.14 bits per heavy atom. The Bertz CT molecular complexity index is 174. The van der Waals surface area contributed by atoms with E-state index in [1.54, 1.807) is 0 Å². The fourth-order valence-corrected chi connectivity index (χ4v) is 2.01. The molecule has 0 aromatic rings. The molecule has 0 heterocycles. The van der Waals surface area contributed by atoms with Gasteiger partial charge in [0.2, 0.25) is 5.91 Å². The molecule has 1 aliphatic rings. The van der Waals surface area contributed by atoms with Gasteiger partial charge in [0, 0.05) is 25.4 Å². The van der Waals surface area contributed by atoms with E-state index in [1.807, 2.05) is 4.90 Å². The van der Waals surface area contributed by atoms with E-state index in [0.29, 0.717) is 24.2 Å². The predicted octanol–water partition coefficient (Wildman–Crippen LogP) is 2.65. The maximum atomic E-state index is 11.8. The van der Waals surface area contributed by atoms with Crippen LogP contribution in [0.1, 0.15) is 39.0 Å². The van der Waals surface area contributed by atoms with Crippen LogP contribution >= 0.6 is 11.6 Å². The van der Waals surface area contributed by atoms with Gasteiger partial charge in [0.15, 0.2) is 0 Å². The molecule has 3 heteroatoms. The highest BCUT2D eigenvalue weighted by molar-refractivity contribution is 6.18. The molecule has 0 N–H and O–H groups in total. The van der Waals surface area contributed by atoms with Crippen molar-refractivity contribution in [1.82, 2.24) is 4.90 Å². The number of alkyl halides is 1. The summed E-state index contributed by atoms with van der Waals surface area (Å²) in [6.07, 6.45) is 5.56. The number of hydrogen-bond donors (Lipinski definition) is 0. The quantitative estimate of drug-likeness (QED) is 0.627. The molecule has 0 atom stereocenters. The molecule has 14 heavy (non-hydrogen) atoms. The Labute approximate surface area is 91.6 Å². The van der Waals surface area contributed by atoms with Crippen LogP contribution in [0.4, 0.5) is 0 Å². The van der Waals surface area contributed by atoms with Gasteiger partial charge < -0.3 is 4.90 Å². The lowest BCUT2D eigenvalue weighted by atomic mass is 9.82. The second-order valence-corrected chi connectivity index (χ2v) is 4.45. The smallest absolute Gasteiger partial charge is 0.222 e. The Balaban J connectivity index is 2.28. The van der Waals surface area contributed by atoms with E-state index in [-0.39, 0.29) is 0 Å². The number of halogens is 1. The molecule has 1 fully saturated rings. The van der Waals surface area contributed by atoms with Crippen LogP contribution in [0.3, 0.4) is 0 Å². The molecular formula is C11H20ClNO. The van der Waals surface area contributed by atoms with Crippen LogP contribution in [0, 0.1) is 5.92 Å². The van der Waals surface area contributed by atoms with Gasteiger partial charge in [-0.25, -0.2) is 0 Å². The van der Waals surface area contributed by atoms with Crippen molar-refractivity contribution in [3.8, 4) is 0 Å². The second-order valence-electron chi connectivity index (χ2n) is 4.07. The minimum atomic E-state index is 0.303. The zero-order chi connectivity index (χ0) is 10.4. The van der Waals surface area contributed by atoms with Crippen LogP contribution < -0.4 is 0 Å². The van der Waals surface area contributed by atoms with E-state index < -0.39 is 0 Å². The lowest BCUT2D eigenvalue weighted by Crippen LogP contribution is -2.35. The Hall–Kier alpha value is -0.240. The SMILES string of the molecule is CCCN(CCCl)C(=O)CC1CCC1. The van der Waals surface area contributed by atoms with E-state index in [4.69, 9.17) is 11.6 Å². The highest BCUT2D eigenvalue weighted by Gasteiger charge is 2.23. The molecule has 1 rings (SSSR count). The first kappa shape index (κ1) is 11.8. The molecule has 1 amide bonds. The van der Waals surface area contributed by atoms with Gasteiger partial charge in [-0.1, -0.05) is 13.3 Å². The van der Waals surface area contributed by atoms with Gasteiger partial charge in [0.1, 0.15) is 0 Å². The van der Waals surface area contributed by atoms with Crippen molar-refractivity contribution in [3.05, 3.63) is 0 Å². The summed E-state index contributed by atoms with van der Waals surface area (Å²) in [5.74, 6) is 1.52. The lowest BCUT2D eigenvalue weighted by Gasteiger charge is -2.28. The first-order valence-electron chi connectivity index (χ1n) is 5.61. The molecule has 1 aliphatic carbocycles.